The number of hydrogen-bond acceptors (Lipinski definition) is 14. The molecule has 1 fully saturated rings. The summed E-state index contributed by atoms with van der Waals surface area (Å²) in [5.74, 6) is -15.2. The molecule has 18 N–H and O–H groups in total. The molecule has 0 aliphatic carbocycles. The summed E-state index contributed by atoms with van der Waals surface area (Å²) in [5, 5.41) is 31.9. The van der Waals surface area contributed by atoms with E-state index in [0.717, 1.165) is 4.90 Å². The van der Waals surface area contributed by atoms with Gasteiger partial charge in [-0.2, -0.15) is 0 Å². The zero-order valence-corrected chi connectivity index (χ0v) is 34.3. The van der Waals surface area contributed by atoms with Gasteiger partial charge in [-0.15, -0.1) is 0 Å². The van der Waals surface area contributed by atoms with E-state index in [-0.39, 0.29) is 25.3 Å². The Bertz CT molecular complexity index is 1760. The van der Waals surface area contributed by atoms with Crippen LogP contribution in [-0.4, -0.2) is 147 Å². The Morgan fingerprint density at radius 2 is 0.952 bits per heavy atom. The lowest BCUT2D eigenvalue weighted by Gasteiger charge is -2.28. The predicted molar refractivity (Wildman–Crippen MR) is 209 cm³/mol. The second kappa shape index (κ2) is 25.0. The van der Waals surface area contributed by atoms with E-state index in [1.165, 1.54) is 6.92 Å². The van der Waals surface area contributed by atoms with Crippen molar-refractivity contribution in [2.24, 2.45) is 34.6 Å². The van der Waals surface area contributed by atoms with Crippen LogP contribution in [0.1, 0.15) is 78.6 Å². The predicted octanol–water partition coefficient (Wildman–Crippen LogP) is -7.27. The Balaban J connectivity index is 3.33. The molecule has 0 saturated carbocycles. The molecule has 1 aliphatic rings. The highest BCUT2D eigenvalue weighted by Gasteiger charge is 2.38. The third-order valence-electron chi connectivity index (χ3n) is 9.04. The number of carboxylic acids is 2. The van der Waals surface area contributed by atoms with Crippen molar-refractivity contribution in [2.45, 2.75) is 127 Å². The van der Waals surface area contributed by atoms with Crippen LogP contribution in [-0.2, 0) is 62.3 Å². The van der Waals surface area contributed by atoms with Crippen LogP contribution >= 0.6 is 0 Å². The number of rotatable bonds is 27. The Morgan fingerprint density at radius 3 is 1.35 bits per heavy atom. The van der Waals surface area contributed by atoms with Crippen LogP contribution in [0, 0.1) is 5.92 Å². The third kappa shape index (κ3) is 18.6. The minimum Gasteiger partial charge on any atom is -0.481 e. The summed E-state index contributed by atoms with van der Waals surface area (Å²) in [6, 6.07) is -12.9. The molecule has 0 aromatic heterocycles. The SMILES string of the molecule is CC(C)C[C@H](NC(=O)[C@H](CCC(=O)O)NC(=O)[C@@H](N)CC(N)=O)C(=O)N[C@@H](CC(N)=O)C(=O)N[C@@H](CC(N)=O)C(=O)N[C@@H](CC(N)=O)C(=O)N[C@@H](C)C(=O)N1CCC[C@H]1C(=O)O. The lowest BCUT2D eigenvalue weighted by Crippen LogP contribution is -2.61. The van der Waals surface area contributed by atoms with E-state index in [0.29, 0.717) is 6.42 Å². The van der Waals surface area contributed by atoms with Gasteiger partial charge < -0.3 is 75.7 Å². The summed E-state index contributed by atoms with van der Waals surface area (Å²) in [7, 11) is 0. The van der Waals surface area contributed by atoms with Crippen LogP contribution < -0.4 is 60.6 Å². The van der Waals surface area contributed by atoms with Crippen LogP contribution in [0.25, 0.3) is 0 Å². The number of nitrogens with zero attached hydrogens (tertiary/aromatic N) is 1. The standard InChI is InChI=1S/C35H56N12O15/c1-14(2)9-18(43-29(55)17(6-7-27(52)53)42-28(54)16(36)10-23(37)48)31(57)45-20(12-25(39)50)33(59)46-21(13-26(40)51)32(58)44-19(11-24(38)49)30(56)41-15(3)34(60)47-8-4-5-22(47)35(61)62/h14-22H,4-13,36H2,1-3H3,(H2,37,48)(H2,38,49)(H2,39,50)(H2,40,51)(H,41,56)(H,42,54)(H,43,55)(H,44,58)(H,45,57)(H,46,59)(H,52,53)(H,61,62)/t15-,16-,17-,18-,19-,20-,21-,22-/m0/s1. The van der Waals surface area contributed by atoms with Gasteiger partial charge in [0, 0.05) is 13.0 Å². The number of primary amides is 4. The van der Waals surface area contributed by atoms with Gasteiger partial charge in [0.25, 0.3) is 0 Å². The maximum Gasteiger partial charge on any atom is 0.326 e. The third-order valence-corrected chi connectivity index (χ3v) is 9.04. The smallest absolute Gasteiger partial charge is 0.326 e. The molecule has 1 aliphatic heterocycles. The number of likely N-dealkylation sites (tertiary alicyclic amines) is 1. The van der Waals surface area contributed by atoms with E-state index in [9.17, 15) is 72.5 Å². The van der Waals surface area contributed by atoms with Crippen molar-refractivity contribution in [1.82, 2.24) is 36.8 Å². The van der Waals surface area contributed by atoms with Crippen LogP contribution in [0.2, 0.25) is 0 Å². The molecule has 0 radical (unpaired) electrons. The van der Waals surface area contributed by atoms with Gasteiger partial charge in [0.2, 0.25) is 65.0 Å². The van der Waals surface area contributed by atoms with Gasteiger partial charge in [-0.1, -0.05) is 13.8 Å². The molecule has 0 spiro atoms. The van der Waals surface area contributed by atoms with E-state index >= 15 is 0 Å². The average Bonchev–Trinajstić information content (AvgIpc) is 3.64. The first-order chi connectivity index (χ1) is 28.7. The molecule has 27 heteroatoms. The van der Waals surface area contributed by atoms with Gasteiger partial charge in [-0.3, -0.25) is 57.5 Å². The maximum absolute atomic E-state index is 13.6. The largest absolute Gasteiger partial charge is 0.481 e. The average molecular weight is 885 g/mol. The van der Waals surface area contributed by atoms with E-state index in [1.807, 2.05) is 0 Å². The number of nitrogens with two attached hydrogens (primary N) is 5. The summed E-state index contributed by atoms with van der Waals surface area (Å²) in [6.07, 6.45) is -4.14. The van der Waals surface area contributed by atoms with E-state index in [4.69, 9.17) is 28.7 Å². The summed E-state index contributed by atoms with van der Waals surface area (Å²) in [5.41, 5.74) is 26.6. The molecule has 1 saturated heterocycles. The van der Waals surface area contributed by atoms with E-state index in [1.54, 1.807) is 13.8 Å². The number of hydrogen-bond donors (Lipinski definition) is 13. The lowest BCUT2D eigenvalue weighted by atomic mass is 10.0. The Kier molecular flexibility index (Phi) is 21.4. The number of carboxylic acid groups (broad SMARTS) is 2. The first-order valence-corrected chi connectivity index (χ1v) is 19.2. The number of aliphatic carboxylic acids is 2. The minimum absolute atomic E-state index is 0.0846. The van der Waals surface area contributed by atoms with Crippen molar-refractivity contribution < 1.29 is 72.5 Å². The molecule has 62 heavy (non-hydrogen) atoms. The topological polar surface area (TPSA) is 468 Å². The van der Waals surface area contributed by atoms with Crippen LogP contribution in [0.4, 0.5) is 0 Å². The normalized spacial score (nSPS) is 16.7. The quantitative estimate of drug-likeness (QED) is 0.0364. The number of amides is 11. The summed E-state index contributed by atoms with van der Waals surface area (Å²) >= 11 is 0. The molecule has 1 rings (SSSR count). The highest BCUT2D eigenvalue weighted by atomic mass is 16.4. The van der Waals surface area contributed by atoms with E-state index in [2.05, 4.69) is 31.9 Å². The fourth-order valence-corrected chi connectivity index (χ4v) is 6.06. The van der Waals surface area contributed by atoms with Crippen molar-refractivity contribution in [1.29, 1.82) is 0 Å². The van der Waals surface area contributed by atoms with Gasteiger partial charge in [0.05, 0.1) is 31.7 Å². The molecule has 27 nitrogen and oxygen atoms in total. The molecule has 0 aromatic rings. The molecular formula is C35H56N12O15. The zero-order chi connectivity index (χ0) is 47.6. The highest BCUT2D eigenvalue weighted by Crippen LogP contribution is 2.18. The molecular weight excluding hydrogens is 828 g/mol. The molecule has 1 heterocycles. The minimum atomic E-state index is -1.96. The fourth-order valence-electron chi connectivity index (χ4n) is 6.06. The Morgan fingerprint density at radius 1 is 0.565 bits per heavy atom. The second-order valence-electron chi connectivity index (χ2n) is 14.9. The fraction of sp³-hybridized carbons (Fsp3) is 0.629. The Hall–Kier alpha value is -6.93. The summed E-state index contributed by atoms with van der Waals surface area (Å²) in [6.45, 7) is 4.57. The first-order valence-electron chi connectivity index (χ1n) is 19.2. The number of carbonyl (C=O) groups excluding carboxylic acids is 11. The summed E-state index contributed by atoms with van der Waals surface area (Å²) in [4.78, 5) is 164. The van der Waals surface area contributed by atoms with Crippen molar-refractivity contribution in [3.63, 3.8) is 0 Å². The van der Waals surface area contributed by atoms with Crippen molar-refractivity contribution in [3.8, 4) is 0 Å². The first kappa shape index (κ1) is 53.1. The van der Waals surface area contributed by atoms with Crippen molar-refractivity contribution in [3.05, 3.63) is 0 Å². The van der Waals surface area contributed by atoms with E-state index < -0.39 is 164 Å². The second-order valence-corrected chi connectivity index (χ2v) is 14.9. The molecule has 8 atom stereocenters. The van der Waals surface area contributed by atoms with Crippen LogP contribution in [0.5, 0.6) is 0 Å². The Labute approximate surface area is 354 Å². The van der Waals surface area contributed by atoms with Crippen molar-refractivity contribution >= 4 is 76.9 Å². The maximum atomic E-state index is 13.6. The van der Waals surface area contributed by atoms with Crippen LogP contribution in [0.15, 0.2) is 0 Å². The van der Waals surface area contributed by atoms with Crippen molar-refractivity contribution in [2.75, 3.05) is 6.54 Å². The molecule has 0 bridgehead atoms. The monoisotopic (exact) mass is 884 g/mol. The van der Waals surface area contributed by atoms with Crippen LogP contribution in [0.3, 0.4) is 0 Å². The van der Waals surface area contributed by atoms with Gasteiger partial charge >= 0.3 is 11.9 Å². The molecule has 11 amide bonds. The van der Waals surface area contributed by atoms with Gasteiger partial charge in [-0.05, 0) is 38.5 Å². The zero-order valence-electron chi connectivity index (χ0n) is 34.3. The van der Waals surface area contributed by atoms with Gasteiger partial charge in [0.1, 0.15) is 42.3 Å². The number of nitrogens with one attached hydrogen (secondary N) is 6. The van der Waals surface area contributed by atoms with Gasteiger partial charge in [0.15, 0.2) is 0 Å². The summed E-state index contributed by atoms with van der Waals surface area (Å²) < 4.78 is 0. The lowest BCUT2D eigenvalue weighted by molar-refractivity contribution is -0.149. The molecule has 0 unspecified atom stereocenters. The highest BCUT2D eigenvalue weighted by molar-refractivity contribution is 6.00. The molecule has 0 aromatic carbocycles. The molecule has 346 valence electrons. The number of carbonyl (C=O) groups is 13. The van der Waals surface area contributed by atoms with Gasteiger partial charge in [-0.25, -0.2) is 4.79 Å².